The normalized spacial score (nSPS) is 28.4. The minimum atomic E-state index is -4.43. The zero-order chi connectivity index (χ0) is 28.5. The van der Waals surface area contributed by atoms with Crippen molar-refractivity contribution in [2.75, 3.05) is 19.8 Å². The highest BCUT2D eigenvalue weighted by atomic mass is 31.2. The van der Waals surface area contributed by atoms with Gasteiger partial charge >= 0.3 is 25.7 Å². The molecular formula is C21H29N4O12P. The standard InChI is InChI=1S/C21H29N4O12P/c1-6-8-32-38(30,33-9-7-2)37-21-17(23-15-16(18(15)29)24-25-22)20(35-13(5)28)19(34-12(4)27)14(36-21)10-31-11(3)26/h6-7,14-17,19-21,23H,1-2,8-10H2,3-5H3/t14?,15?,16?,17?,19-,20?,21+/m0/s1. The molecule has 210 valence electrons. The van der Waals surface area contributed by atoms with Crippen molar-refractivity contribution in [1.29, 1.82) is 0 Å². The van der Waals surface area contributed by atoms with Crippen molar-refractivity contribution in [3.05, 3.63) is 35.8 Å². The van der Waals surface area contributed by atoms with Crippen LogP contribution in [0.25, 0.3) is 10.4 Å². The number of hydrogen-bond donors (Lipinski definition) is 1. The molecule has 2 aliphatic rings. The van der Waals surface area contributed by atoms with E-state index in [1.54, 1.807) is 0 Å². The first kappa shape index (κ1) is 31.1. The fourth-order valence-electron chi connectivity index (χ4n) is 3.47. The summed E-state index contributed by atoms with van der Waals surface area (Å²) in [5.74, 6) is -2.82. The molecule has 0 radical (unpaired) electrons. The highest BCUT2D eigenvalue weighted by Crippen LogP contribution is 2.52. The molecule has 5 unspecified atom stereocenters. The lowest BCUT2D eigenvalue weighted by molar-refractivity contribution is -0.261. The molecule has 38 heavy (non-hydrogen) atoms. The molecule has 1 saturated heterocycles. The Morgan fingerprint density at radius 1 is 1.08 bits per heavy atom. The van der Waals surface area contributed by atoms with Gasteiger partial charge in [-0.05, 0) is 5.53 Å². The minimum Gasteiger partial charge on any atom is -0.463 e. The van der Waals surface area contributed by atoms with E-state index in [9.17, 15) is 23.7 Å². The third-order valence-corrected chi connectivity index (χ3v) is 6.38. The molecule has 0 aromatic heterocycles. The monoisotopic (exact) mass is 560 g/mol. The van der Waals surface area contributed by atoms with Crippen molar-refractivity contribution in [3.63, 3.8) is 0 Å². The third kappa shape index (κ3) is 8.74. The number of phosphoric ester groups is 1. The van der Waals surface area contributed by atoms with Gasteiger partial charge in [-0.25, -0.2) is 4.57 Å². The Bertz CT molecular complexity index is 1020. The van der Waals surface area contributed by atoms with Gasteiger partial charge in [-0.3, -0.25) is 38.1 Å². The number of Topliss-reactive ketones (excluding diaryl/α,β-unsaturated/α-hetero) is 1. The number of esters is 3. The summed E-state index contributed by atoms with van der Waals surface area (Å²) < 4.78 is 51.0. The summed E-state index contributed by atoms with van der Waals surface area (Å²) in [6.07, 6.45) is -3.25. The van der Waals surface area contributed by atoms with E-state index in [0.717, 1.165) is 20.8 Å². The number of hydrogen-bond acceptors (Lipinski definition) is 14. The van der Waals surface area contributed by atoms with Crippen molar-refractivity contribution in [3.8, 4) is 0 Å². The average molecular weight is 560 g/mol. The SMILES string of the molecule is C=CCOP(=O)(OCC=C)O[C@H]1OC(COC(C)=O)[C@H](OC(C)=O)C(OC(C)=O)C1NC1C(=O)C1N=[N+]=[N-]. The second-order valence-corrected chi connectivity index (χ2v) is 9.56. The molecule has 1 heterocycles. The third-order valence-electron chi connectivity index (χ3n) is 4.99. The van der Waals surface area contributed by atoms with E-state index in [2.05, 4.69) is 28.5 Å². The van der Waals surface area contributed by atoms with E-state index in [1.165, 1.54) is 12.2 Å². The molecule has 1 N–H and O–H groups in total. The summed E-state index contributed by atoms with van der Waals surface area (Å²) in [5.41, 5.74) is 8.71. The number of phosphoric acid groups is 1. The summed E-state index contributed by atoms with van der Waals surface area (Å²) in [7, 11) is -4.43. The van der Waals surface area contributed by atoms with Crippen molar-refractivity contribution in [2.45, 2.75) is 63.5 Å². The lowest BCUT2D eigenvalue weighted by atomic mass is 9.96. The van der Waals surface area contributed by atoms with Gasteiger partial charge in [0.15, 0.2) is 24.3 Å². The maximum atomic E-state index is 13.4. The van der Waals surface area contributed by atoms with E-state index in [1.807, 2.05) is 0 Å². The van der Waals surface area contributed by atoms with Crippen LogP contribution in [0.5, 0.6) is 0 Å². The first-order chi connectivity index (χ1) is 18.0. The molecule has 7 atom stereocenters. The second kappa shape index (κ2) is 14.2. The number of ether oxygens (including phenoxy) is 4. The topological polar surface area (TPSA) is 211 Å². The number of nitrogens with zero attached hydrogens (tertiary/aromatic N) is 3. The summed E-state index contributed by atoms with van der Waals surface area (Å²) >= 11 is 0. The highest BCUT2D eigenvalue weighted by Gasteiger charge is 2.57. The predicted octanol–water partition coefficient (Wildman–Crippen LogP) is 1.26. The smallest absolute Gasteiger partial charge is 0.463 e. The van der Waals surface area contributed by atoms with E-state index < -0.39 is 80.8 Å². The molecule has 0 aromatic rings. The number of ketones is 1. The Labute approximate surface area is 217 Å². The van der Waals surface area contributed by atoms with Crippen LogP contribution in [0.2, 0.25) is 0 Å². The molecular weight excluding hydrogens is 531 g/mol. The summed E-state index contributed by atoms with van der Waals surface area (Å²) in [5, 5.41) is 6.17. The lowest BCUT2D eigenvalue weighted by Crippen LogP contribution is -2.66. The van der Waals surface area contributed by atoms with Gasteiger partial charge in [-0.15, -0.1) is 13.2 Å². The Kier molecular flexibility index (Phi) is 11.6. The molecule has 0 aromatic carbocycles. The van der Waals surface area contributed by atoms with Gasteiger partial charge in [0.2, 0.25) is 0 Å². The van der Waals surface area contributed by atoms with Crippen LogP contribution in [-0.2, 0) is 56.3 Å². The molecule has 2 rings (SSSR count). The quantitative estimate of drug-likeness (QED) is 0.0569. The summed E-state index contributed by atoms with van der Waals surface area (Å²) in [4.78, 5) is 50.3. The van der Waals surface area contributed by atoms with Crippen molar-refractivity contribution in [1.82, 2.24) is 5.32 Å². The van der Waals surface area contributed by atoms with Crippen LogP contribution in [0.3, 0.4) is 0 Å². The number of azide groups is 1. The van der Waals surface area contributed by atoms with Crippen LogP contribution in [0.4, 0.5) is 0 Å². The van der Waals surface area contributed by atoms with Gasteiger partial charge in [0.05, 0.1) is 19.3 Å². The van der Waals surface area contributed by atoms with Crippen LogP contribution in [0.15, 0.2) is 30.4 Å². The Morgan fingerprint density at radius 2 is 1.66 bits per heavy atom. The molecule has 0 bridgehead atoms. The first-order valence-electron chi connectivity index (χ1n) is 11.2. The lowest BCUT2D eigenvalue weighted by Gasteiger charge is -2.45. The zero-order valence-electron chi connectivity index (χ0n) is 20.9. The van der Waals surface area contributed by atoms with Gasteiger partial charge < -0.3 is 18.9 Å². The maximum Gasteiger partial charge on any atom is 0.477 e. The Hall–Kier alpha value is -3.10. The molecule has 0 spiro atoms. The number of carbonyl (C=O) groups excluding carboxylic acids is 4. The van der Waals surface area contributed by atoms with E-state index in [-0.39, 0.29) is 13.2 Å². The molecule has 1 aliphatic carbocycles. The first-order valence-corrected chi connectivity index (χ1v) is 12.7. The van der Waals surface area contributed by atoms with Crippen LogP contribution in [0.1, 0.15) is 20.8 Å². The Balaban J connectivity index is 2.53. The van der Waals surface area contributed by atoms with Crippen LogP contribution in [-0.4, -0.2) is 86.2 Å². The Morgan fingerprint density at radius 3 is 2.16 bits per heavy atom. The number of nitrogens with one attached hydrogen (secondary N) is 1. The highest BCUT2D eigenvalue weighted by molar-refractivity contribution is 7.48. The molecule has 2 fully saturated rings. The largest absolute Gasteiger partial charge is 0.477 e. The van der Waals surface area contributed by atoms with E-state index >= 15 is 0 Å². The fraction of sp³-hybridized carbons (Fsp3) is 0.619. The molecule has 16 nitrogen and oxygen atoms in total. The van der Waals surface area contributed by atoms with Gasteiger partial charge in [-0.2, -0.15) is 0 Å². The predicted molar refractivity (Wildman–Crippen MR) is 126 cm³/mol. The number of carbonyl (C=O) groups is 4. The van der Waals surface area contributed by atoms with Crippen LogP contribution >= 0.6 is 7.82 Å². The molecule has 1 saturated carbocycles. The fourth-order valence-corrected chi connectivity index (χ4v) is 4.68. The minimum absolute atomic E-state index is 0.264. The van der Waals surface area contributed by atoms with Crippen molar-refractivity contribution >= 4 is 31.5 Å². The van der Waals surface area contributed by atoms with Crippen molar-refractivity contribution in [2.24, 2.45) is 5.11 Å². The van der Waals surface area contributed by atoms with Crippen LogP contribution < -0.4 is 5.32 Å². The molecule has 1 aliphatic heterocycles. The average Bonchev–Trinajstić information content (AvgIpc) is 3.45. The van der Waals surface area contributed by atoms with Gasteiger partial charge in [-0.1, -0.05) is 17.3 Å². The molecule has 0 amide bonds. The zero-order valence-corrected chi connectivity index (χ0v) is 21.8. The summed E-state index contributed by atoms with van der Waals surface area (Å²) in [6, 6.07) is -3.52. The van der Waals surface area contributed by atoms with E-state index in [4.69, 9.17) is 38.0 Å². The molecule has 17 heteroatoms. The number of rotatable bonds is 15. The van der Waals surface area contributed by atoms with Gasteiger partial charge in [0.25, 0.3) is 0 Å². The van der Waals surface area contributed by atoms with Gasteiger partial charge in [0, 0.05) is 25.7 Å². The van der Waals surface area contributed by atoms with Crippen molar-refractivity contribution < 1.29 is 56.3 Å². The van der Waals surface area contributed by atoms with Crippen LogP contribution in [0, 0.1) is 0 Å². The van der Waals surface area contributed by atoms with Gasteiger partial charge in [0.1, 0.15) is 24.8 Å². The maximum absolute atomic E-state index is 13.4. The summed E-state index contributed by atoms with van der Waals surface area (Å²) in [6.45, 7) is 9.20. The van der Waals surface area contributed by atoms with E-state index in [0.29, 0.717) is 0 Å². The second-order valence-electron chi connectivity index (χ2n) is 7.94.